The van der Waals surface area contributed by atoms with Crippen LogP contribution in [0.2, 0.25) is 0 Å². The SMILES string of the molecule is CC(C)C[C@H](CC(=O)[C@@H](CCCCCN)NC(=O)[C@@H](CC(=O)[C@H](CO)NC(=O)[C@@H](CC(=O)[C@H](Cc1cnc[nH]1)NC(=O)[C@@H]1CCC(=O)N1)Cc1c[nH]c2ccccc12)Cc1ccc(O)cc1)C(=O)N[C@@H](CCCN=C(N)N)C(=O)N1CCC[C@H]1C(=O)NCC(=O)N1CC2SCS[C@H]2C1. The summed E-state index contributed by atoms with van der Waals surface area (Å²) in [7, 11) is 0. The molecule has 28 nitrogen and oxygen atoms in total. The topological polar surface area (TPSA) is 442 Å². The summed E-state index contributed by atoms with van der Waals surface area (Å²) in [6.07, 6.45) is 6.39. The molecule has 4 fully saturated rings. The molecular weight excluding hydrogens is 1300 g/mol. The van der Waals surface area contributed by atoms with Gasteiger partial charge >= 0.3 is 0 Å². The summed E-state index contributed by atoms with van der Waals surface area (Å²) in [6.45, 7) is 4.52. The van der Waals surface area contributed by atoms with Crippen molar-refractivity contribution in [1.82, 2.24) is 56.7 Å². The van der Waals surface area contributed by atoms with E-state index >= 15 is 0 Å². The normalized spacial score (nSPS) is 19.5. The first-order valence-corrected chi connectivity index (χ1v) is 36.0. The molecule has 6 heterocycles. The molecular formula is C68H95N15O13S2. The molecule has 0 bridgehead atoms. The van der Waals surface area contributed by atoms with Gasteiger partial charge in [-0.2, -0.15) is 0 Å². The number of para-hydroxylation sites is 1. The number of aliphatic imine (C=N–C) groups is 1. The Balaban J connectivity index is 0.984. The number of nitrogens with two attached hydrogens (primary N) is 3. The van der Waals surface area contributed by atoms with Crippen LogP contribution in [0.4, 0.5) is 0 Å². The number of ketones is 3. The quantitative estimate of drug-likeness (QED) is 0.0170. The third-order valence-electron chi connectivity index (χ3n) is 18.5. The summed E-state index contributed by atoms with van der Waals surface area (Å²) in [5.41, 5.74) is 19.5. The van der Waals surface area contributed by atoms with Crippen molar-refractivity contribution in [2.45, 2.75) is 170 Å². The summed E-state index contributed by atoms with van der Waals surface area (Å²) in [5.74, 6) is -9.94. The lowest BCUT2D eigenvalue weighted by Gasteiger charge is -2.30. The van der Waals surface area contributed by atoms with E-state index in [2.05, 4.69) is 51.8 Å². The first-order valence-electron chi connectivity index (χ1n) is 33.9. The van der Waals surface area contributed by atoms with Gasteiger partial charge in [0.15, 0.2) is 23.3 Å². The lowest BCUT2D eigenvalue weighted by Crippen LogP contribution is -2.55. The molecule has 2 aromatic carbocycles. The van der Waals surface area contributed by atoms with Gasteiger partial charge in [0.1, 0.15) is 29.9 Å². The number of H-pyrrole nitrogens is 2. The Morgan fingerprint density at radius 1 is 0.735 bits per heavy atom. The standard InChI is InChI=1S/C68H95N15O13S2/c1-39(2)24-41(62(91)79-51(13-8-22-73-68(70)71)67(96)83-23-9-14-54(83)66(95)75-33-61(90)82-34-58-59(35-82)98-38-97-58)27-55(86)49(12-4-3-7-21-69)78-63(92)42(25-40-15-17-46(85)18-16-40)28-57(88)53(36-84)81-64(93)43(26-44-31-74-48-11-6-5-10-47(44)48)29-56(87)52(30-45-32-72-37-76-45)80-65(94)50-19-20-60(89)77-50/h5-6,10-11,15-18,31-32,37,39,41-43,49-54,58-59,74,84-85H,3-4,7-9,12-14,19-30,33-36,38,69H2,1-2H3,(H,72,76)(H,75,95)(H,77,89)(H,78,92)(H,79,91)(H,80,94)(H,81,93)(H4,70,71,73)/t41-,42-,43-,49-,50+,51+,52+,53+,54+,58+,59?/m1/s1. The van der Waals surface area contributed by atoms with Crippen LogP contribution in [0.15, 0.2) is 72.2 Å². The van der Waals surface area contributed by atoms with Gasteiger partial charge in [0.05, 0.1) is 31.6 Å². The summed E-state index contributed by atoms with van der Waals surface area (Å²) < 4.78 is 0. The number of rotatable bonds is 39. The van der Waals surface area contributed by atoms with Crippen molar-refractivity contribution in [2.75, 3.05) is 51.0 Å². The number of hydrogen-bond donors (Lipinski definition) is 13. The molecule has 0 spiro atoms. The molecule has 0 radical (unpaired) electrons. The number of benzene rings is 2. The van der Waals surface area contributed by atoms with E-state index in [0.717, 1.165) is 16.0 Å². The van der Waals surface area contributed by atoms with Crippen LogP contribution in [-0.2, 0) is 72.0 Å². The van der Waals surface area contributed by atoms with E-state index in [1.165, 1.54) is 29.6 Å². The molecule has 11 atom stereocenters. The molecule has 2 aromatic heterocycles. The molecule has 4 saturated heterocycles. The number of carbonyl (C=O) groups excluding carboxylic acids is 11. The largest absolute Gasteiger partial charge is 0.508 e. The number of aliphatic hydroxyl groups excluding tert-OH is 1. The van der Waals surface area contributed by atoms with Crippen LogP contribution >= 0.6 is 23.5 Å². The third kappa shape index (κ3) is 21.8. The van der Waals surface area contributed by atoms with Gasteiger partial charge in [-0.1, -0.05) is 57.0 Å². The monoisotopic (exact) mass is 1390 g/mol. The van der Waals surface area contributed by atoms with E-state index in [-0.39, 0.29) is 113 Å². The fraction of sp³-hybridized carbons (Fsp3) is 0.574. The van der Waals surface area contributed by atoms with E-state index in [0.29, 0.717) is 79.1 Å². The van der Waals surface area contributed by atoms with Crippen molar-refractivity contribution in [2.24, 2.45) is 45.9 Å². The number of aromatic amines is 2. The number of imidazole rings is 1. The van der Waals surface area contributed by atoms with Gasteiger partial charge in [0.2, 0.25) is 47.3 Å². The zero-order valence-electron chi connectivity index (χ0n) is 55.7. The number of likely N-dealkylation sites (tertiary alicyclic amines) is 2. The predicted octanol–water partition coefficient (Wildman–Crippen LogP) is 1.30. The average Bonchev–Trinajstić information content (AvgIpc) is 1.64. The van der Waals surface area contributed by atoms with Crippen LogP contribution in [0.1, 0.15) is 121 Å². The lowest BCUT2D eigenvalue weighted by molar-refractivity contribution is -0.143. The molecule has 1 unspecified atom stereocenters. The minimum absolute atomic E-state index is 0.0360. The number of unbranched alkanes of at least 4 members (excludes halogenated alkanes) is 2. The Kier molecular flexibility index (Phi) is 28.5. The summed E-state index contributed by atoms with van der Waals surface area (Å²) in [6, 6.07) is 6.28. The van der Waals surface area contributed by atoms with Gasteiger partial charge in [0, 0.05) is 121 Å². The van der Waals surface area contributed by atoms with E-state index in [4.69, 9.17) is 17.2 Å². The minimum atomic E-state index is -1.61. The van der Waals surface area contributed by atoms with Gasteiger partial charge in [-0.05, 0) is 106 Å². The Hall–Kier alpha value is -8.35. The second-order valence-corrected chi connectivity index (χ2v) is 29.2. The maximum Gasteiger partial charge on any atom is 0.245 e. The first-order chi connectivity index (χ1) is 47.1. The van der Waals surface area contributed by atoms with Crippen LogP contribution in [0.3, 0.4) is 0 Å². The van der Waals surface area contributed by atoms with Gasteiger partial charge in [-0.3, -0.25) is 57.7 Å². The first kappa shape index (κ1) is 75.4. The van der Waals surface area contributed by atoms with Gasteiger partial charge in [-0.15, -0.1) is 23.5 Å². The molecule has 532 valence electrons. The lowest BCUT2D eigenvalue weighted by atomic mass is 9.87. The number of aromatic hydroxyl groups is 1. The highest BCUT2D eigenvalue weighted by Gasteiger charge is 2.43. The second-order valence-electron chi connectivity index (χ2n) is 26.4. The van der Waals surface area contributed by atoms with E-state index in [1.807, 2.05) is 61.6 Å². The highest BCUT2D eigenvalue weighted by atomic mass is 32.2. The molecule has 98 heavy (non-hydrogen) atoms. The molecule has 8 rings (SSSR count). The predicted molar refractivity (Wildman–Crippen MR) is 370 cm³/mol. The van der Waals surface area contributed by atoms with Crippen LogP contribution in [0.25, 0.3) is 10.9 Å². The number of hydrogen-bond acceptors (Lipinski definition) is 18. The van der Waals surface area contributed by atoms with Crippen molar-refractivity contribution < 1.29 is 63.0 Å². The maximum atomic E-state index is 15.0. The number of phenolic OH excluding ortho intramolecular Hbond substituents is 1. The van der Waals surface area contributed by atoms with Crippen molar-refractivity contribution >= 4 is 105 Å². The number of aliphatic hydroxyl groups is 1. The number of phenols is 1. The minimum Gasteiger partial charge on any atom is -0.508 e. The molecule has 0 aliphatic carbocycles. The summed E-state index contributed by atoms with van der Waals surface area (Å²) >= 11 is 3.65. The molecule has 0 saturated carbocycles. The van der Waals surface area contributed by atoms with Crippen LogP contribution in [-0.4, -0.2) is 203 Å². The number of fused-ring (bicyclic) bond motifs is 2. The summed E-state index contributed by atoms with van der Waals surface area (Å²) in [4.78, 5) is 173. The third-order valence-corrected chi connectivity index (χ3v) is 21.6. The Morgan fingerprint density at radius 3 is 2.05 bits per heavy atom. The number of Topliss-reactive ketones (excluding diaryl/α,β-unsaturated/α-hetero) is 3. The fourth-order valence-corrected chi connectivity index (χ4v) is 16.5. The van der Waals surface area contributed by atoms with E-state index in [1.54, 1.807) is 23.2 Å². The van der Waals surface area contributed by atoms with Crippen LogP contribution in [0.5, 0.6) is 5.75 Å². The maximum absolute atomic E-state index is 15.0. The van der Waals surface area contributed by atoms with E-state index in [9.17, 15) is 63.0 Å². The van der Waals surface area contributed by atoms with Crippen molar-refractivity contribution in [3.63, 3.8) is 0 Å². The molecule has 4 aliphatic heterocycles. The number of carbonyl (C=O) groups is 11. The molecule has 8 amide bonds. The highest BCUT2D eigenvalue weighted by Crippen LogP contribution is 2.41. The van der Waals surface area contributed by atoms with Crippen molar-refractivity contribution in [1.29, 1.82) is 0 Å². The van der Waals surface area contributed by atoms with Crippen molar-refractivity contribution in [3.05, 3.63) is 84.1 Å². The molecule has 30 heteroatoms. The Bertz CT molecular complexity index is 3440. The highest BCUT2D eigenvalue weighted by molar-refractivity contribution is 8.19. The number of nitrogens with zero attached hydrogens (tertiary/aromatic N) is 4. The number of thioether (sulfide) groups is 2. The van der Waals surface area contributed by atoms with Gasteiger partial charge in [-0.25, -0.2) is 4.98 Å². The smallest absolute Gasteiger partial charge is 0.245 e. The van der Waals surface area contributed by atoms with Gasteiger partial charge in [0.25, 0.3) is 0 Å². The molecule has 16 N–H and O–H groups in total. The van der Waals surface area contributed by atoms with E-state index < -0.39 is 126 Å². The average molecular weight is 1390 g/mol. The Labute approximate surface area is 578 Å². The van der Waals surface area contributed by atoms with Crippen LogP contribution in [0, 0.1) is 23.7 Å². The molecule has 4 aromatic rings. The molecule has 4 aliphatic rings. The zero-order valence-corrected chi connectivity index (χ0v) is 57.3. The fourth-order valence-electron chi connectivity index (χ4n) is 13.2. The number of guanidine groups is 1. The van der Waals surface area contributed by atoms with Gasteiger partial charge < -0.3 is 79.1 Å². The number of amides is 8. The van der Waals surface area contributed by atoms with Crippen LogP contribution < -0.4 is 49.1 Å². The van der Waals surface area contributed by atoms with Crippen molar-refractivity contribution in [3.8, 4) is 5.75 Å². The number of aromatic nitrogens is 3. The number of nitrogens with one attached hydrogen (secondary N) is 8. The summed E-state index contributed by atoms with van der Waals surface area (Å²) in [5, 5.41) is 40.3. The zero-order chi connectivity index (χ0) is 70.4. The second kappa shape index (κ2) is 37.0. The Morgan fingerprint density at radius 2 is 1.39 bits per heavy atom.